The van der Waals surface area contributed by atoms with Crippen LogP contribution in [0.1, 0.15) is 26.2 Å². The van der Waals surface area contributed by atoms with Crippen molar-refractivity contribution in [3.05, 3.63) is 28.3 Å². The summed E-state index contributed by atoms with van der Waals surface area (Å²) in [6.45, 7) is 2.17. The molecule has 104 valence electrons. The number of rotatable bonds is 5. The fourth-order valence-electron chi connectivity index (χ4n) is 2.52. The van der Waals surface area contributed by atoms with Crippen LogP contribution in [0.15, 0.2) is 18.2 Å². The maximum Gasteiger partial charge on any atom is 0.273 e. The highest BCUT2D eigenvalue weighted by atomic mass is 32.2. The molecule has 19 heavy (non-hydrogen) atoms. The van der Waals surface area contributed by atoms with Gasteiger partial charge in [-0.15, -0.1) is 0 Å². The highest BCUT2D eigenvalue weighted by Crippen LogP contribution is 2.32. The Morgan fingerprint density at radius 3 is 2.95 bits per heavy atom. The Morgan fingerprint density at radius 1 is 1.47 bits per heavy atom. The van der Waals surface area contributed by atoms with Crippen LogP contribution in [-0.2, 0) is 0 Å². The first-order valence-electron chi connectivity index (χ1n) is 6.51. The molecule has 2 rings (SSSR count). The van der Waals surface area contributed by atoms with Crippen molar-refractivity contribution in [3.63, 3.8) is 0 Å². The number of thioether (sulfide) groups is 1. The van der Waals surface area contributed by atoms with E-state index in [-0.39, 0.29) is 5.69 Å². The summed E-state index contributed by atoms with van der Waals surface area (Å²) in [5.41, 5.74) is 6.91. The smallest absolute Gasteiger partial charge is 0.273 e. The lowest BCUT2D eigenvalue weighted by Crippen LogP contribution is -2.16. The number of nitrogens with two attached hydrogens (primary N) is 1. The van der Waals surface area contributed by atoms with Gasteiger partial charge in [-0.05, 0) is 31.1 Å². The molecule has 1 aliphatic rings. The largest absolute Gasteiger partial charge is 0.398 e. The molecule has 3 N–H and O–H groups in total. The van der Waals surface area contributed by atoms with Gasteiger partial charge in [0, 0.05) is 34.8 Å². The summed E-state index contributed by atoms with van der Waals surface area (Å²) >= 11 is 1.99. The molecule has 0 saturated heterocycles. The number of nitrogens with zero attached hydrogens (tertiary/aromatic N) is 1. The molecule has 1 aromatic carbocycles. The molecule has 1 aliphatic carbocycles. The Hall–Kier alpha value is -1.43. The molecule has 1 saturated carbocycles. The average Bonchev–Trinajstić information content (AvgIpc) is 2.76. The third kappa shape index (κ3) is 3.76. The number of nitrogen functional groups attached to an aromatic ring is 1. The summed E-state index contributed by atoms with van der Waals surface area (Å²) in [6.07, 6.45) is 3.43. The molecule has 6 heteroatoms. The summed E-state index contributed by atoms with van der Waals surface area (Å²) in [5.74, 6) is 1.14. The molecule has 2 unspecified atom stereocenters. The molecule has 0 spiro atoms. The third-order valence-electron chi connectivity index (χ3n) is 3.31. The van der Waals surface area contributed by atoms with Gasteiger partial charge < -0.3 is 11.1 Å². The molecule has 2 atom stereocenters. The first-order valence-corrected chi connectivity index (χ1v) is 7.56. The van der Waals surface area contributed by atoms with Crippen LogP contribution in [0.3, 0.4) is 0 Å². The monoisotopic (exact) mass is 281 g/mol. The number of hydrogen-bond acceptors (Lipinski definition) is 5. The van der Waals surface area contributed by atoms with Gasteiger partial charge in [0.15, 0.2) is 0 Å². The average molecular weight is 281 g/mol. The summed E-state index contributed by atoms with van der Waals surface area (Å²) in [5, 5.41) is 14.9. The Morgan fingerprint density at radius 2 is 2.26 bits per heavy atom. The molecule has 0 heterocycles. The van der Waals surface area contributed by atoms with Crippen LogP contribution >= 0.6 is 11.8 Å². The van der Waals surface area contributed by atoms with Crippen molar-refractivity contribution in [2.24, 2.45) is 0 Å². The van der Waals surface area contributed by atoms with Gasteiger partial charge in [0.1, 0.15) is 0 Å². The minimum atomic E-state index is -0.411. The number of nitro benzene ring substituents is 1. The van der Waals surface area contributed by atoms with Gasteiger partial charge in [-0.3, -0.25) is 10.1 Å². The van der Waals surface area contributed by atoms with E-state index < -0.39 is 4.92 Å². The first kappa shape index (κ1) is 14.0. The zero-order valence-electron chi connectivity index (χ0n) is 11.0. The minimum absolute atomic E-state index is 0.0416. The number of anilines is 2. The van der Waals surface area contributed by atoms with E-state index in [0.717, 1.165) is 24.3 Å². The quantitative estimate of drug-likeness (QED) is 0.492. The number of non-ortho nitro benzene ring substituents is 1. The lowest BCUT2D eigenvalue weighted by atomic mass is 10.2. The van der Waals surface area contributed by atoms with Gasteiger partial charge in [-0.25, -0.2) is 0 Å². The Labute approximate surface area is 117 Å². The number of hydrogen-bond donors (Lipinski definition) is 2. The van der Waals surface area contributed by atoms with Crippen LogP contribution in [0.5, 0.6) is 0 Å². The maximum atomic E-state index is 10.8. The number of benzene rings is 1. The highest BCUT2D eigenvalue weighted by Gasteiger charge is 2.24. The standard InChI is InChI=1S/C13H19N3O2S/c1-2-19-13-4-3-10(8-13)15-11-5-9(14)6-12(7-11)16(17)18/h5-7,10,13,15H,2-4,8,14H2,1H3. The maximum absolute atomic E-state index is 10.8. The predicted octanol–water partition coefficient (Wildman–Crippen LogP) is 3.26. The van der Waals surface area contributed by atoms with Crippen LogP contribution in [0.2, 0.25) is 0 Å². The van der Waals surface area contributed by atoms with Crippen molar-refractivity contribution < 1.29 is 4.92 Å². The molecule has 0 aliphatic heterocycles. The third-order valence-corrected chi connectivity index (χ3v) is 4.54. The normalized spacial score (nSPS) is 22.4. The summed E-state index contributed by atoms with van der Waals surface area (Å²) in [7, 11) is 0. The van der Waals surface area contributed by atoms with Crippen molar-refractivity contribution in [3.8, 4) is 0 Å². The second-order valence-electron chi connectivity index (χ2n) is 4.80. The van der Waals surface area contributed by atoms with Gasteiger partial charge in [0.2, 0.25) is 0 Å². The Kier molecular flexibility index (Phi) is 4.52. The molecular formula is C13H19N3O2S. The fraction of sp³-hybridized carbons (Fsp3) is 0.538. The van der Waals surface area contributed by atoms with E-state index in [4.69, 9.17) is 5.73 Å². The SMILES string of the molecule is CCSC1CCC(Nc2cc(N)cc([N+](=O)[O-])c2)C1. The van der Waals surface area contributed by atoms with Crippen molar-refractivity contribution in [1.82, 2.24) is 0 Å². The van der Waals surface area contributed by atoms with Crippen LogP contribution in [0.25, 0.3) is 0 Å². The van der Waals surface area contributed by atoms with Gasteiger partial charge in [-0.1, -0.05) is 6.92 Å². The number of nitro groups is 1. The van der Waals surface area contributed by atoms with Gasteiger partial charge in [0.25, 0.3) is 5.69 Å². The van der Waals surface area contributed by atoms with Crippen LogP contribution in [-0.4, -0.2) is 22.0 Å². The van der Waals surface area contributed by atoms with Crippen molar-refractivity contribution in [1.29, 1.82) is 0 Å². The zero-order chi connectivity index (χ0) is 13.8. The Balaban J connectivity index is 2.01. The van der Waals surface area contributed by atoms with E-state index in [9.17, 15) is 10.1 Å². The molecule has 0 bridgehead atoms. The van der Waals surface area contributed by atoms with E-state index >= 15 is 0 Å². The van der Waals surface area contributed by atoms with E-state index in [2.05, 4.69) is 12.2 Å². The second-order valence-corrected chi connectivity index (χ2v) is 6.38. The van der Waals surface area contributed by atoms with E-state index in [1.807, 2.05) is 11.8 Å². The summed E-state index contributed by atoms with van der Waals surface area (Å²) < 4.78 is 0. The first-order chi connectivity index (χ1) is 9.08. The zero-order valence-corrected chi connectivity index (χ0v) is 11.8. The molecule has 1 aromatic rings. The van der Waals surface area contributed by atoms with E-state index in [1.165, 1.54) is 12.5 Å². The highest BCUT2D eigenvalue weighted by molar-refractivity contribution is 7.99. The fourth-order valence-corrected chi connectivity index (χ4v) is 3.66. The van der Waals surface area contributed by atoms with Gasteiger partial charge >= 0.3 is 0 Å². The lowest BCUT2D eigenvalue weighted by molar-refractivity contribution is -0.384. The summed E-state index contributed by atoms with van der Waals surface area (Å²) in [6, 6.07) is 5.09. The molecular weight excluding hydrogens is 262 g/mol. The lowest BCUT2D eigenvalue weighted by Gasteiger charge is -2.14. The molecule has 1 fully saturated rings. The van der Waals surface area contributed by atoms with Crippen LogP contribution < -0.4 is 11.1 Å². The van der Waals surface area contributed by atoms with Crippen LogP contribution in [0, 0.1) is 10.1 Å². The van der Waals surface area contributed by atoms with E-state index in [0.29, 0.717) is 17.0 Å². The second kappa shape index (κ2) is 6.14. The van der Waals surface area contributed by atoms with Crippen LogP contribution in [0.4, 0.5) is 17.1 Å². The molecule has 0 aromatic heterocycles. The predicted molar refractivity (Wildman–Crippen MR) is 80.7 cm³/mol. The topological polar surface area (TPSA) is 81.2 Å². The molecule has 0 amide bonds. The van der Waals surface area contributed by atoms with Crippen molar-refractivity contribution in [2.75, 3.05) is 16.8 Å². The van der Waals surface area contributed by atoms with Gasteiger partial charge in [-0.2, -0.15) is 11.8 Å². The Bertz CT molecular complexity index is 467. The van der Waals surface area contributed by atoms with Gasteiger partial charge in [0.05, 0.1) is 4.92 Å². The number of nitrogens with one attached hydrogen (secondary N) is 1. The molecule has 5 nitrogen and oxygen atoms in total. The van der Waals surface area contributed by atoms with Crippen molar-refractivity contribution in [2.45, 2.75) is 37.5 Å². The minimum Gasteiger partial charge on any atom is -0.398 e. The summed E-state index contributed by atoms with van der Waals surface area (Å²) in [4.78, 5) is 10.4. The van der Waals surface area contributed by atoms with Crippen molar-refractivity contribution >= 4 is 28.8 Å². The van der Waals surface area contributed by atoms with E-state index in [1.54, 1.807) is 12.1 Å². The molecule has 0 radical (unpaired) electrons.